The predicted octanol–water partition coefficient (Wildman–Crippen LogP) is 5.82. The maximum absolute atomic E-state index is 12.6. The van der Waals surface area contributed by atoms with E-state index in [2.05, 4.69) is 35.2 Å². The van der Waals surface area contributed by atoms with E-state index >= 15 is 0 Å². The molecule has 0 saturated carbocycles. The molecule has 194 valence electrons. The zero-order valence-corrected chi connectivity index (χ0v) is 22.0. The number of H-pyrrole nitrogens is 1. The number of aromatic nitrogens is 3. The summed E-state index contributed by atoms with van der Waals surface area (Å²) < 4.78 is 7.51. The van der Waals surface area contributed by atoms with Crippen LogP contribution in [-0.2, 0) is 34.3 Å². The van der Waals surface area contributed by atoms with E-state index in [4.69, 9.17) is 9.72 Å². The Morgan fingerprint density at radius 3 is 2.65 bits per heavy atom. The third-order valence-corrected chi connectivity index (χ3v) is 7.09. The highest BCUT2D eigenvalue weighted by Gasteiger charge is 2.35. The fraction of sp³-hybridized carbons (Fsp3) is 0.355. The van der Waals surface area contributed by atoms with Crippen LogP contribution in [0, 0.1) is 0 Å². The van der Waals surface area contributed by atoms with Gasteiger partial charge >= 0.3 is 5.97 Å². The number of rotatable bonds is 12. The average Bonchev–Trinajstić information content (AvgIpc) is 3.46. The van der Waals surface area contributed by atoms with Gasteiger partial charge in [0.2, 0.25) is 0 Å². The van der Waals surface area contributed by atoms with Crippen LogP contribution in [-0.4, -0.2) is 38.3 Å². The van der Waals surface area contributed by atoms with Crippen LogP contribution in [0.3, 0.4) is 0 Å². The van der Waals surface area contributed by atoms with E-state index in [1.165, 1.54) is 5.56 Å². The molecule has 2 heterocycles. The first kappa shape index (κ1) is 26.4. The van der Waals surface area contributed by atoms with Crippen LogP contribution >= 0.6 is 0 Å². The molecule has 0 amide bonds. The van der Waals surface area contributed by atoms with Crippen molar-refractivity contribution < 1.29 is 14.6 Å². The minimum Gasteiger partial charge on any atom is -0.465 e. The van der Waals surface area contributed by atoms with Crippen LogP contribution in [0.1, 0.15) is 61.8 Å². The Bertz CT molecular complexity index is 1350. The largest absolute Gasteiger partial charge is 0.465 e. The average molecular weight is 500 g/mol. The van der Waals surface area contributed by atoms with Gasteiger partial charge in [-0.05, 0) is 29.7 Å². The lowest BCUT2D eigenvalue weighted by Gasteiger charge is -2.30. The molecule has 0 aliphatic carbocycles. The number of para-hydroxylation sites is 1. The summed E-state index contributed by atoms with van der Waals surface area (Å²) in [6.45, 7) is 11.2. The Balaban J connectivity index is 1.59. The van der Waals surface area contributed by atoms with Crippen LogP contribution in [0.2, 0.25) is 0 Å². The van der Waals surface area contributed by atoms with Gasteiger partial charge in [0, 0.05) is 35.0 Å². The summed E-state index contributed by atoms with van der Waals surface area (Å²) in [6.07, 6.45) is 5.20. The Kier molecular flexibility index (Phi) is 8.29. The summed E-state index contributed by atoms with van der Waals surface area (Å²) in [7, 11) is 0. The molecular formula is C31H37N3O3. The smallest absolute Gasteiger partial charge is 0.310 e. The summed E-state index contributed by atoms with van der Waals surface area (Å²) in [5.74, 6) is -0.248. The second-order valence-electron chi connectivity index (χ2n) is 10.1. The summed E-state index contributed by atoms with van der Waals surface area (Å²) >= 11 is 0. The summed E-state index contributed by atoms with van der Waals surface area (Å²) in [5.41, 5.74) is 4.86. The van der Waals surface area contributed by atoms with Crippen molar-refractivity contribution in [2.75, 3.05) is 6.61 Å². The molecule has 0 saturated heterocycles. The number of hydrogen-bond acceptors (Lipinski definition) is 4. The fourth-order valence-corrected chi connectivity index (χ4v) is 4.77. The van der Waals surface area contributed by atoms with Gasteiger partial charge in [0.05, 0.1) is 36.8 Å². The number of aromatic amines is 1. The van der Waals surface area contributed by atoms with Gasteiger partial charge < -0.3 is 19.4 Å². The predicted molar refractivity (Wildman–Crippen MR) is 148 cm³/mol. The summed E-state index contributed by atoms with van der Waals surface area (Å²) in [6, 6.07) is 18.1. The van der Waals surface area contributed by atoms with Gasteiger partial charge in [-0.3, -0.25) is 4.79 Å². The van der Waals surface area contributed by atoms with Gasteiger partial charge in [-0.25, -0.2) is 4.98 Å². The Morgan fingerprint density at radius 1 is 1.19 bits per heavy atom. The number of aliphatic hydroxyl groups excluding tert-OH is 1. The van der Waals surface area contributed by atoms with Crippen molar-refractivity contribution >= 4 is 22.9 Å². The number of carbonyl (C=O) groups is 1. The van der Waals surface area contributed by atoms with Crippen LogP contribution in [0.4, 0.5) is 0 Å². The molecule has 0 aliphatic rings. The topological polar surface area (TPSA) is 80.1 Å². The molecule has 0 spiro atoms. The van der Waals surface area contributed by atoms with Gasteiger partial charge in [0.15, 0.2) is 0 Å². The highest BCUT2D eigenvalue weighted by molar-refractivity contribution is 5.88. The number of nitrogens with one attached hydrogen (secondary N) is 1. The number of unbranched alkanes of at least 4 members (excludes halogenated alkanes) is 1. The minimum atomic E-state index is -0.755. The second-order valence-corrected chi connectivity index (χ2v) is 10.1. The molecule has 6 nitrogen and oxygen atoms in total. The van der Waals surface area contributed by atoms with E-state index in [1.54, 1.807) is 6.08 Å². The number of hydrogen-bond donors (Lipinski definition) is 2. The Labute approximate surface area is 219 Å². The molecule has 0 bridgehead atoms. The Hall–Kier alpha value is -3.64. The molecular weight excluding hydrogens is 462 g/mol. The normalized spacial score (nSPS) is 12.5. The third-order valence-electron chi connectivity index (χ3n) is 7.09. The summed E-state index contributed by atoms with van der Waals surface area (Å²) in [5, 5.41) is 12.5. The molecule has 2 N–H and O–H groups in total. The van der Waals surface area contributed by atoms with Gasteiger partial charge in [-0.15, -0.1) is 0 Å². The number of aliphatic hydroxyl groups is 1. The van der Waals surface area contributed by atoms with E-state index in [0.717, 1.165) is 46.4 Å². The highest BCUT2D eigenvalue weighted by Crippen LogP contribution is 2.33. The van der Waals surface area contributed by atoms with Crippen molar-refractivity contribution in [2.45, 2.75) is 64.5 Å². The summed E-state index contributed by atoms with van der Waals surface area (Å²) in [4.78, 5) is 20.8. The van der Waals surface area contributed by atoms with E-state index < -0.39 is 11.5 Å². The zero-order chi connectivity index (χ0) is 26.4. The van der Waals surface area contributed by atoms with Gasteiger partial charge in [0.1, 0.15) is 0 Å². The third kappa shape index (κ3) is 5.86. The SMILES string of the molecule is C=Cc1c(C(C)(C)C(O)Cc2[nH]c3ccccc3c2CC(=O)OCCCC)ncn1Cc1ccccc1. The maximum Gasteiger partial charge on any atom is 0.310 e. The van der Waals surface area contributed by atoms with Crippen molar-refractivity contribution in [3.63, 3.8) is 0 Å². The van der Waals surface area contributed by atoms with E-state index in [9.17, 15) is 9.90 Å². The molecule has 0 fully saturated rings. The number of imidazole rings is 1. The molecule has 2 aromatic heterocycles. The van der Waals surface area contributed by atoms with Crippen molar-refractivity contribution in [3.05, 3.63) is 95.7 Å². The van der Waals surface area contributed by atoms with Crippen molar-refractivity contribution in [2.24, 2.45) is 0 Å². The first-order chi connectivity index (χ1) is 17.8. The Morgan fingerprint density at radius 2 is 1.92 bits per heavy atom. The van der Waals surface area contributed by atoms with E-state index in [0.29, 0.717) is 19.6 Å². The molecule has 6 heteroatoms. The highest BCUT2D eigenvalue weighted by atomic mass is 16.5. The lowest BCUT2D eigenvalue weighted by molar-refractivity contribution is -0.142. The van der Waals surface area contributed by atoms with Crippen molar-refractivity contribution in [3.8, 4) is 0 Å². The molecule has 1 unspecified atom stereocenters. The van der Waals surface area contributed by atoms with Crippen LogP contribution in [0.25, 0.3) is 17.0 Å². The van der Waals surface area contributed by atoms with Gasteiger partial charge in [-0.2, -0.15) is 0 Å². The number of carbonyl (C=O) groups excluding carboxylic acids is 1. The standard InChI is InChI=1S/C31H37N3O3/c1-5-7-17-37-29(36)18-24-23-15-11-12-16-25(23)33-26(24)19-28(35)31(3,4)30-27(6-2)34(21-32-30)20-22-13-9-8-10-14-22/h6,8-16,21,28,33,35H,2,5,7,17-20H2,1,3-4H3. The molecule has 4 rings (SSSR count). The zero-order valence-electron chi connectivity index (χ0n) is 22.0. The lowest BCUT2D eigenvalue weighted by Crippen LogP contribution is -2.36. The van der Waals surface area contributed by atoms with Gasteiger partial charge in [0.25, 0.3) is 0 Å². The first-order valence-electron chi connectivity index (χ1n) is 13.0. The number of benzene rings is 2. The number of ether oxygens (including phenoxy) is 1. The van der Waals surface area contributed by atoms with Gasteiger partial charge in [-0.1, -0.05) is 82.3 Å². The van der Waals surface area contributed by atoms with Crippen LogP contribution in [0.15, 0.2) is 67.5 Å². The molecule has 4 aromatic rings. The molecule has 37 heavy (non-hydrogen) atoms. The molecule has 1 atom stereocenters. The monoisotopic (exact) mass is 499 g/mol. The fourth-order valence-electron chi connectivity index (χ4n) is 4.77. The lowest BCUT2D eigenvalue weighted by atomic mass is 9.79. The van der Waals surface area contributed by atoms with E-state index in [1.807, 2.05) is 62.6 Å². The number of nitrogens with zero attached hydrogens (tertiary/aromatic N) is 2. The quantitative estimate of drug-likeness (QED) is 0.190. The van der Waals surface area contributed by atoms with Crippen LogP contribution in [0.5, 0.6) is 0 Å². The second kappa shape index (κ2) is 11.6. The van der Waals surface area contributed by atoms with E-state index in [-0.39, 0.29) is 12.4 Å². The number of fused-ring (bicyclic) bond motifs is 1. The number of esters is 1. The first-order valence-corrected chi connectivity index (χ1v) is 13.0. The van der Waals surface area contributed by atoms with Crippen molar-refractivity contribution in [1.82, 2.24) is 14.5 Å². The molecule has 0 radical (unpaired) electrons. The van der Waals surface area contributed by atoms with Crippen molar-refractivity contribution in [1.29, 1.82) is 0 Å². The molecule has 2 aromatic carbocycles. The minimum absolute atomic E-state index is 0.166. The molecule has 0 aliphatic heterocycles. The maximum atomic E-state index is 12.6. The van der Waals surface area contributed by atoms with Crippen LogP contribution < -0.4 is 0 Å².